The number of hydrogen-bond donors (Lipinski definition) is 3. The molecular formula is C24H24N4O3. The smallest absolute Gasteiger partial charge is 0.251 e. The summed E-state index contributed by atoms with van der Waals surface area (Å²) in [5.41, 5.74) is 8.22. The standard InChI is InChI=1S/C24H24N4O3/c25-23-22(27-20(14-26-23)17-10-12-31-13-11-17)18-6-8-19(9-7-18)24(30)28-21(15-29)16-4-2-1-3-5-16/h1-10,14,21,29H,11-13,15H2,(H2,25,26)(H,28,30)/t21-/m1/s1/i6D,7D,8D. The maximum atomic E-state index is 12.9. The molecule has 1 amide bonds. The molecular weight excluding hydrogens is 392 g/mol. The van der Waals surface area contributed by atoms with Gasteiger partial charge in [-0.25, -0.2) is 9.97 Å². The van der Waals surface area contributed by atoms with Gasteiger partial charge in [0.1, 0.15) is 11.5 Å². The molecule has 0 bridgehead atoms. The Morgan fingerprint density at radius 1 is 1.26 bits per heavy atom. The minimum atomic E-state index is -0.693. The lowest BCUT2D eigenvalue weighted by Crippen LogP contribution is -2.30. The molecule has 4 rings (SSSR count). The Morgan fingerprint density at radius 2 is 2.10 bits per heavy atom. The quantitative estimate of drug-likeness (QED) is 0.567. The molecule has 0 saturated carbocycles. The van der Waals surface area contributed by atoms with Gasteiger partial charge in [0.2, 0.25) is 0 Å². The molecule has 158 valence electrons. The van der Waals surface area contributed by atoms with Crippen molar-refractivity contribution in [1.29, 1.82) is 0 Å². The second-order valence-electron chi connectivity index (χ2n) is 6.99. The van der Waals surface area contributed by atoms with E-state index < -0.39 is 11.9 Å². The van der Waals surface area contributed by atoms with E-state index >= 15 is 0 Å². The topological polar surface area (TPSA) is 110 Å². The maximum Gasteiger partial charge on any atom is 0.251 e. The Hall–Kier alpha value is -3.55. The van der Waals surface area contributed by atoms with Crippen LogP contribution < -0.4 is 11.1 Å². The molecule has 4 N–H and O–H groups in total. The van der Waals surface area contributed by atoms with Gasteiger partial charge in [-0.05, 0) is 29.7 Å². The van der Waals surface area contributed by atoms with E-state index in [2.05, 4.69) is 15.3 Å². The van der Waals surface area contributed by atoms with Crippen LogP contribution in [0.4, 0.5) is 5.82 Å². The summed E-state index contributed by atoms with van der Waals surface area (Å²) in [6.45, 7) is 0.671. The van der Waals surface area contributed by atoms with E-state index in [-0.39, 0.29) is 47.4 Å². The van der Waals surface area contributed by atoms with E-state index in [0.29, 0.717) is 30.9 Å². The van der Waals surface area contributed by atoms with Crippen molar-refractivity contribution in [2.45, 2.75) is 12.5 Å². The molecule has 1 atom stereocenters. The molecule has 1 aromatic heterocycles. The molecule has 2 heterocycles. The molecule has 7 nitrogen and oxygen atoms in total. The van der Waals surface area contributed by atoms with Crippen molar-refractivity contribution in [2.75, 3.05) is 25.6 Å². The van der Waals surface area contributed by atoms with Crippen molar-refractivity contribution in [3.8, 4) is 11.3 Å². The van der Waals surface area contributed by atoms with E-state index in [9.17, 15) is 9.90 Å². The number of amides is 1. The number of nitrogens with two attached hydrogens (primary N) is 1. The van der Waals surface area contributed by atoms with Crippen LogP contribution >= 0.6 is 0 Å². The average Bonchev–Trinajstić information content (AvgIpc) is 2.86. The summed E-state index contributed by atoms with van der Waals surface area (Å²) >= 11 is 0. The molecule has 1 aliphatic heterocycles. The second-order valence-corrected chi connectivity index (χ2v) is 6.99. The summed E-state index contributed by atoms with van der Waals surface area (Å²) < 4.78 is 30.8. The number of aliphatic hydroxyl groups is 1. The number of aliphatic hydroxyl groups excluding tert-OH is 1. The highest BCUT2D eigenvalue weighted by atomic mass is 16.5. The first-order valence-corrected chi connectivity index (χ1v) is 9.88. The van der Waals surface area contributed by atoms with Crippen LogP contribution in [0.1, 0.15) is 38.2 Å². The van der Waals surface area contributed by atoms with Crippen molar-refractivity contribution in [2.24, 2.45) is 0 Å². The number of aromatic nitrogens is 2. The van der Waals surface area contributed by atoms with Gasteiger partial charge in [-0.15, -0.1) is 0 Å². The first kappa shape index (κ1) is 17.2. The van der Waals surface area contributed by atoms with Crippen LogP contribution in [-0.4, -0.2) is 40.8 Å². The Kier molecular flexibility index (Phi) is 5.26. The van der Waals surface area contributed by atoms with Crippen LogP contribution in [0.25, 0.3) is 16.8 Å². The van der Waals surface area contributed by atoms with E-state index in [1.54, 1.807) is 24.3 Å². The summed E-state index contributed by atoms with van der Waals surface area (Å²) in [7, 11) is 0. The van der Waals surface area contributed by atoms with Gasteiger partial charge in [0.05, 0.1) is 41.9 Å². The summed E-state index contributed by atoms with van der Waals surface area (Å²) in [5, 5.41) is 12.4. The second kappa shape index (κ2) is 9.51. The van der Waals surface area contributed by atoms with Gasteiger partial charge in [-0.1, -0.05) is 48.5 Å². The van der Waals surface area contributed by atoms with Crippen molar-refractivity contribution in [3.63, 3.8) is 0 Å². The van der Waals surface area contributed by atoms with Gasteiger partial charge in [0.15, 0.2) is 0 Å². The predicted molar refractivity (Wildman–Crippen MR) is 119 cm³/mol. The third-order valence-corrected chi connectivity index (χ3v) is 4.95. The highest BCUT2D eigenvalue weighted by molar-refractivity contribution is 5.95. The molecule has 0 saturated heterocycles. The van der Waals surface area contributed by atoms with Crippen LogP contribution in [0, 0.1) is 0 Å². The molecule has 0 fully saturated rings. The zero-order chi connectivity index (χ0) is 24.2. The normalized spacial score (nSPS) is 15.9. The molecule has 0 unspecified atom stereocenters. The zero-order valence-electron chi connectivity index (χ0n) is 19.8. The molecule has 7 heteroatoms. The van der Waals surface area contributed by atoms with Crippen molar-refractivity contribution >= 4 is 17.3 Å². The molecule has 0 radical (unpaired) electrons. The van der Waals surface area contributed by atoms with E-state index in [0.717, 1.165) is 5.57 Å². The Balaban J connectivity index is 1.69. The zero-order valence-corrected chi connectivity index (χ0v) is 16.8. The molecule has 31 heavy (non-hydrogen) atoms. The third kappa shape index (κ3) is 4.79. The predicted octanol–water partition coefficient (Wildman–Crippen LogP) is 2.99. The van der Waals surface area contributed by atoms with Crippen molar-refractivity contribution < 1.29 is 18.8 Å². The molecule has 0 aliphatic carbocycles. The van der Waals surface area contributed by atoms with E-state index in [1.165, 1.54) is 12.3 Å². The fourth-order valence-electron chi connectivity index (χ4n) is 3.25. The fourth-order valence-corrected chi connectivity index (χ4v) is 3.25. The number of carbonyl (C=O) groups excluding carboxylic acids is 1. The number of nitrogen functional groups attached to an aromatic ring is 1. The minimum absolute atomic E-state index is 0.0273. The van der Waals surface area contributed by atoms with E-state index in [1.807, 2.05) is 12.1 Å². The molecule has 2 aromatic carbocycles. The number of rotatable bonds is 6. The molecule has 3 aromatic rings. The number of ether oxygens (including phenoxy) is 1. The summed E-state index contributed by atoms with van der Waals surface area (Å²) in [6, 6.07) is 8.55. The highest BCUT2D eigenvalue weighted by Crippen LogP contribution is 2.26. The number of benzene rings is 2. The number of anilines is 1. The fraction of sp³-hybridized carbons (Fsp3) is 0.208. The summed E-state index contributed by atoms with van der Waals surface area (Å²) in [5.74, 6) is -0.638. The summed E-state index contributed by atoms with van der Waals surface area (Å²) in [6.07, 6.45) is 4.07. The third-order valence-electron chi connectivity index (χ3n) is 4.95. The van der Waals surface area contributed by atoms with Crippen LogP contribution in [0.2, 0.25) is 0 Å². The van der Waals surface area contributed by atoms with Crippen LogP contribution in [0.15, 0.2) is 66.8 Å². The Labute approximate surface area is 184 Å². The molecule has 0 spiro atoms. The van der Waals surface area contributed by atoms with Gasteiger partial charge in [0.25, 0.3) is 5.91 Å². The lowest BCUT2D eigenvalue weighted by Gasteiger charge is -2.17. The van der Waals surface area contributed by atoms with Crippen LogP contribution in [-0.2, 0) is 4.74 Å². The number of carbonyl (C=O) groups is 1. The van der Waals surface area contributed by atoms with Crippen molar-refractivity contribution in [3.05, 3.63) is 83.6 Å². The maximum absolute atomic E-state index is 12.9. The largest absolute Gasteiger partial charge is 0.394 e. The Bertz CT molecular complexity index is 1250. The van der Waals surface area contributed by atoms with Gasteiger partial charge in [-0.3, -0.25) is 4.79 Å². The van der Waals surface area contributed by atoms with Gasteiger partial charge in [0, 0.05) is 11.1 Å². The first-order chi connectivity index (χ1) is 16.4. The van der Waals surface area contributed by atoms with Crippen LogP contribution in [0.5, 0.6) is 0 Å². The first-order valence-electron chi connectivity index (χ1n) is 11.4. The number of hydrogen-bond acceptors (Lipinski definition) is 6. The lowest BCUT2D eigenvalue weighted by atomic mass is 10.0. The minimum Gasteiger partial charge on any atom is -0.394 e. The van der Waals surface area contributed by atoms with Gasteiger partial charge >= 0.3 is 0 Å². The van der Waals surface area contributed by atoms with Gasteiger partial charge in [-0.2, -0.15) is 0 Å². The number of nitrogens with zero attached hydrogens (tertiary/aromatic N) is 2. The van der Waals surface area contributed by atoms with Crippen LogP contribution in [0.3, 0.4) is 0 Å². The lowest BCUT2D eigenvalue weighted by molar-refractivity contribution is 0.0916. The Morgan fingerprint density at radius 3 is 2.84 bits per heavy atom. The molecule has 1 aliphatic rings. The van der Waals surface area contributed by atoms with E-state index in [4.69, 9.17) is 14.6 Å². The number of nitrogens with one attached hydrogen (secondary N) is 1. The van der Waals surface area contributed by atoms with Gasteiger partial charge < -0.3 is 20.9 Å². The SMILES string of the molecule is [2H]c1cc(C(=O)N[C@H](CO)c2ccccc2)c([2H])c([2H])c1-c1nc(C2=CCOCC2)cnc1N. The highest BCUT2D eigenvalue weighted by Gasteiger charge is 2.16. The average molecular weight is 419 g/mol. The van der Waals surface area contributed by atoms with Crippen molar-refractivity contribution in [1.82, 2.24) is 15.3 Å². The monoisotopic (exact) mass is 419 g/mol. The summed E-state index contributed by atoms with van der Waals surface area (Å²) in [4.78, 5) is 21.6.